The van der Waals surface area contributed by atoms with Crippen molar-refractivity contribution in [1.82, 2.24) is 15.1 Å². The van der Waals surface area contributed by atoms with Crippen molar-refractivity contribution >= 4 is 0 Å². The van der Waals surface area contributed by atoms with Gasteiger partial charge < -0.3 is 10.1 Å². The van der Waals surface area contributed by atoms with Crippen LogP contribution in [0.2, 0.25) is 0 Å². The van der Waals surface area contributed by atoms with E-state index in [-0.39, 0.29) is 11.8 Å². The van der Waals surface area contributed by atoms with Gasteiger partial charge in [0.25, 0.3) is 0 Å². The number of fused-ring (bicyclic) bond motifs is 1. The number of nitrogens with zero attached hydrogens (tertiary/aromatic N) is 2. The van der Waals surface area contributed by atoms with Crippen LogP contribution in [-0.4, -0.2) is 16.4 Å². The van der Waals surface area contributed by atoms with Gasteiger partial charge in [-0.1, -0.05) is 30.3 Å². The average Bonchev–Trinajstić information content (AvgIpc) is 3.13. The number of rotatable bonds is 6. The summed E-state index contributed by atoms with van der Waals surface area (Å²) in [4.78, 5) is 0. The van der Waals surface area contributed by atoms with E-state index in [0.717, 1.165) is 30.5 Å². The van der Waals surface area contributed by atoms with Crippen molar-refractivity contribution in [3.63, 3.8) is 0 Å². The molecule has 0 saturated carbocycles. The third kappa shape index (κ3) is 4.03. The molecule has 1 atom stereocenters. The first kappa shape index (κ1) is 19.6. The summed E-state index contributed by atoms with van der Waals surface area (Å²) in [6, 6.07) is 13.3. The van der Waals surface area contributed by atoms with Crippen LogP contribution in [0.1, 0.15) is 46.8 Å². The van der Waals surface area contributed by atoms with Crippen molar-refractivity contribution in [1.29, 1.82) is 0 Å². The Morgan fingerprint density at radius 3 is 2.83 bits per heavy atom. The summed E-state index contributed by atoms with van der Waals surface area (Å²) < 4.78 is 32.0. The number of halogens is 2. The van der Waals surface area contributed by atoms with E-state index in [1.54, 1.807) is 12.1 Å². The number of aromatic nitrogens is 2. The fourth-order valence-electron chi connectivity index (χ4n) is 4.04. The van der Waals surface area contributed by atoms with Gasteiger partial charge in [-0.2, -0.15) is 13.9 Å². The Kier molecular flexibility index (Phi) is 5.62. The Bertz CT molecular complexity index is 1000. The first-order valence-electron chi connectivity index (χ1n) is 9.94. The summed E-state index contributed by atoms with van der Waals surface area (Å²) in [5.41, 5.74) is 6.72. The highest BCUT2D eigenvalue weighted by Crippen LogP contribution is 2.32. The molecular weight excluding hydrogens is 372 g/mol. The zero-order valence-electron chi connectivity index (χ0n) is 16.7. The summed E-state index contributed by atoms with van der Waals surface area (Å²) >= 11 is 0. The molecule has 3 aromatic rings. The lowest BCUT2D eigenvalue weighted by Gasteiger charge is -2.25. The van der Waals surface area contributed by atoms with E-state index in [2.05, 4.69) is 51.9 Å². The highest BCUT2D eigenvalue weighted by atomic mass is 19.3. The van der Waals surface area contributed by atoms with E-state index in [9.17, 15) is 8.78 Å². The van der Waals surface area contributed by atoms with Crippen LogP contribution >= 0.6 is 0 Å². The molecule has 6 heteroatoms. The summed E-state index contributed by atoms with van der Waals surface area (Å²) in [7, 11) is 0. The molecule has 0 aliphatic heterocycles. The fourth-order valence-corrected chi connectivity index (χ4v) is 4.04. The second-order valence-electron chi connectivity index (χ2n) is 7.49. The zero-order valence-corrected chi connectivity index (χ0v) is 16.7. The second-order valence-corrected chi connectivity index (χ2v) is 7.49. The fraction of sp³-hybridized carbons (Fsp3) is 0.348. The predicted molar refractivity (Wildman–Crippen MR) is 109 cm³/mol. The molecule has 152 valence electrons. The summed E-state index contributed by atoms with van der Waals surface area (Å²) in [5.74, 6) is 0.220. The summed E-state index contributed by atoms with van der Waals surface area (Å²) in [5, 5.41) is 8.21. The van der Waals surface area contributed by atoms with Crippen molar-refractivity contribution in [2.75, 3.05) is 0 Å². The molecule has 4 rings (SSSR count). The van der Waals surface area contributed by atoms with Crippen LogP contribution in [0, 0.1) is 13.8 Å². The number of alkyl halides is 2. The van der Waals surface area contributed by atoms with Crippen molar-refractivity contribution in [3.05, 3.63) is 76.6 Å². The topological polar surface area (TPSA) is 39.1 Å². The maximum absolute atomic E-state index is 12.7. The van der Waals surface area contributed by atoms with Gasteiger partial charge in [0, 0.05) is 29.4 Å². The largest absolute Gasteiger partial charge is 0.434 e. The molecule has 1 aliphatic rings. The number of benzene rings is 2. The van der Waals surface area contributed by atoms with Gasteiger partial charge in [-0.15, -0.1) is 0 Å². The SMILES string of the molecule is Cc1cccc(-n2ncc3c2CCC[C@@H]3NCc2ccccc2OC(F)F)c1C. The van der Waals surface area contributed by atoms with Crippen molar-refractivity contribution in [2.45, 2.75) is 52.3 Å². The number of aryl methyl sites for hydroxylation is 1. The first-order chi connectivity index (χ1) is 14.0. The minimum absolute atomic E-state index is 0.136. The van der Waals surface area contributed by atoms with E-state index in [0.29, 0.717) is 6.54 Å². The lowest BCUT2D eigenvalue weighted by atomic mass is 9.92. The molecule has 0 radical (unpaired) electrons. The molecule has 1 aromatic heterocycles. The Labute approximate surface area is 169 Å². The molecule has 29 heavy (non-hydrogen) atoms. The van der Waals surface area contributed by atoms with Crippen molar-refractivity contribution in [2.24, 2.45) is 0 Å². The third-order valence-electron chi connectivity index (χ3n) is 5.71. The Morgan fingerprint density at radius 1 is 1.17 bits per heavy atom. The maximum atomic E-state index is 12.7. The molecule has 1 N–H and O–H groups in total. The van der Waals surface area contributed by atoms with E-state index in [1.165, 1.54) is 22.4 Å². The Hall–Kier alpha value is -2.73. The number of para-hydroxylation sites is 1. The van der Waals surface area contributed by atoms with Gasteiger partial charge in [0.05, 0.1) is 11.9 Å². The third-order valence-corrected chi connectivity index (χ3v) is 5.71. The molecule has 2 aromatic carbocycles. The van der Waals surface area contributed by atoms with Gasteiger partial charge in [-0.05, 0) is 56.4 Å². The molecule has 0 bridgehead atoms. The molecule has 0 unspecified atom stereocenters. The van der Waals surface area contributed by atoms with Crippen LogP contribution in [0.3, 0.4) is 0 Å². The maximum Gasteiger partial charge on any atom is 0.387 e. The minimum atomic E-state index is -2.83. The lowest BCUT2D eigenvalue weighted by molar-refractivity contribution is -0.0505. The number of hydrogen-bond donors (Lipinski definition) is 1. The first-order valence-corrected chi connectivity index (χ1v) is 9.94. The van der Waals surface area contributed by atoms with Gasteiger partial charge in [0.2, 0.25) is 0 Å². The van der Waals surface area contributed by atoms with E-state index < -0.39 is 6.61 Å². The van der Waals surface area contributed by atoms with Crippen LogP contribution in [0.25, 0.3) is 5.69 Å². The second kappa shape index (κ2) is 8.33. The molecular formula is C23H25F2N3O. The van der Waals surface area contributed by atoms with Gasteiger partial charge in [-0.3, -0.25) is 0 Å². The zero-order chi connectivity index (χ0) is 20.4. The van der Waals surface area contributed by atoms with E-state index in [4.69, 9.17) is 0 Å². The van der Waals surface area contributed by atoms with Crippen LogP contribution in [0.5, 0.6) is 5.75 Å². The molecule has 1 aliphatic carbocycles. The molecule has 0 amide bonds. The van der Waals surface area contributed by atoms with Gasteiger partial charge in [0.15, 0.2) is 0 Å². The Balaban J connectivity index is 1.56. The van der Waals surface area contributed by atoms with Crippen LogP contribution < -0.4 is 10.1 Å². The standard InChI is InChI=1S/C23H25F2N3O/c1-15-7-5-10-20(16(15)2)28-21-11-6-9-19(18(21)14-27-28)26-13-17-8-3-4-12-22(17)29-23(24)25/h3-5,7-8,10,12,14,19,23,26H,6,9,11,13H2,1-2H3/t19-/m0/s1. The molecule has 0 spiro atoms. The highest BCUT2D eigenvalue weighted by molar-refractivity contribution is 5.46. The van der Waals surface area contributed by atoms with E-state index in [1.807, 2.05) is 18.3 Å². The van der Waals surface area contributed by atoms with Gasteiger partial charge in [-0.25, -0.2) is 4.68 Å². The molecule has 0 fully saturated rings. The number of ether oxygens (including phenoxy) is 1. The van der Waals surface area contributed by atoms with Crippen LogP contribution in [0.15, 0.2) is 48.7 Å². The average molecular weight is 397 g/mol. The number of hydrogen-bond acceptors (Lipinski definition) is 3. The highest BCUT2D eigenvalue weighted by Gasteiger charge is 2.25. The lowest BCUT2D eigenvalue weighted by Crippen LogP contribution is -2.25. The monoisotopic (exact) mass is 397 g/mol. The molecule has 4 nitrogen and oxygen atoms in total. The molecule has 0 saturated heterocycles. The van der Waals surface area contributed by atoms with Crippen LogP contribution in [-0.2, 0) is 13.0 Å². The minimum Gasteiger partial charge on any atom is -0.434 e. The van der Waals surface area contributed by atoms with Gasteiger partial charge in [0.1, 0.15) is 5.75 Å². The summed E-state index contributed by atoms with van der Waals surface area (Å²) in [6.45, 7) is 1.87. The predicted octanol–water partition coefficient (Wildman–Crippen LogP) is 5.26. The number of nitrogens with one attached hydrogen (secondary N) is 1. The summed E-state index contributed by atoms with van der Waals surface area (Å²) in [6.07, 6.45) is 4.96. The van der Waals surface area contributed by atoms with Crippen molar-refractivity contribution in [3.8, 4) is 11.4 Å². The Morgan fingerprint density at radius 2 is 2.00 bits per heavy atom. The van der Waals surface area contributed by atoms with Gasteiger partial charge >= 0.3 is 6.61 Å². The normalized spacial score (nSPS) is 16.1. The quantitative estimate of drug-likeness (QED) is 0.617. The van der Waals surface area contributed by atoms with Crippen molar-refractivity contribution < 1.29 is 13.5 Å². The van der Waals surface area contributed by atoms with Crippen LogP contribution in [0.4, 0.5) is 8.78 Å². The molecule has 1 heterocycles. The van der Waals surface area contributed by atoms with E-state index >= 15 is 0 Å². The smallest absolute Gasteiger partial charge is 0.387 e.